The number of benzene rings is 1. The standard InChI is InChI=1S/C17H24FN3O2/c1-13(22)19-10-17(23)20(2)15-7-5-9-21(12-15)11-14-6-3-4-8-16(14)18/h3-4,6,8,15H,5,7,9-12H2,1-2H3,(H,19,22)/t15-/m1/s1. The number of hydrogen-bond acceptors (Lipinski definition) is 3. The summed E-state index contributed by atoms with van der Waals surface area (Å²) in [7, 11) is 1.77. The Hall–Kier alpha value is -1.95. The lowest BCUT2D eigenvalue weighted by Gasteiger charge is -2.37. The highest BCUT2D eigenvalue weighted by Gasteiger charge is 2.26. The Balaban J connectivity index is 1.91. The molecule has 1 saturated heterocycles. The van der Waals surface area contributed by atoms with Gasteiger partial charge in [-0.1, -0.05) is 18.2 Å². The van der Waals surface area contributed by atoms with Crippen molar-refractivity contribution in [2.75, 3.05) is 26.7 Å². The average molecular weight is 321 g/mol. The maximum Gasteiger partial charge on any atom is 0.242 e. The molecular formula is C17H24FN3O2. The van der Waals surface area contributed by atoms with Gasteiger partial charge in [-0.05, 0) is 25.5 Å². The summed E-state index contributed by atoms with van der Waals surface area (Å²) in [6, 6.07) is 6.89. The van der Waals surface area contributed by atoms with Crippen molar-refractivity contribution in [2.24, 2.45) is 0 Å². The van der Waals surface area contributed by atoms with Crippen LogP contribution in [-0.4, -0.2) is 54.3 Å². The van der Waals surface area contributed by atoms with E-state index in [-0.39, 0.29) is 30.2 Å². The van der Waals surface area contributed by atoms with Crippen LogP contribution in [0.3, 0.4) is 0 Å². The number of likely N-dealkylation sites (N-methyl/N-ethyl adjacent to an activating group) is 1. The molecule has 1 fully saturated rings. The van der Waals surface area contributed by atoms with E-state index in [2.05, 4.69) is 10.2 Å². The van der Waals surface area contributed by atoms with E-state index in [9.17, 15) is 14.0 Å². The summed E-state index contributed by atoms with van der Waals surface area (Å²) in [4.78, 5) is 26.9. The lowest BCUT2D eigenvalue weighted by atomic mass is 10.0. The Bertz CT molecular complexity index is 565. The van der Waals surface area contributed by atoms with Gasteiger partial charge in [-0.15, -0.1) is 0 Å². The van der Waals surface area contributed by atoms with Crippen LogP contribution in [0.4, 0.5) is 4.39 Å². The third-order valence-electron chi connectivity index (χ3n) is 4.26. The zero-order valence-electron chi connectivity index (χ0n) is 13.7. The highest BCUT2D eigenvalue weighted by atomic mass is 19.1. The second kappa shape index (κ2) is 8.06. The van der Waals surface area contributed by atoms with Gasteiger partial charge in [0.25, 0.3) is 0 Å². The van der Waals surface area contributed by atoms with Gasteiger partial charge in [-0.2, -0.15) is 0 Å². The second-order valence-corrected chi connectivity index (χ2v) is 6.04. The third-order valence-corrected chi connectivity index (χ3v) is 4.26. The van der Waals surface area contributed by atoms with E-state index < -0.39 is 0 Å². The van der Waals surface area contributed by atoms with Crippen molar-refractivity contribution in [3.8, 4) is 0 Å². The SMILES string of the molecule is CC(=O)NCC(=O)N(C)[C@@H]1CCCN(Cc2ccccc2F)C1. The fourth-order valence-electron chi connectivity index (χ4n) is 2.89. The fraction of sp³-hybridized carbons (Fsp3) is 0.529. The molecule has 1 atom stereocenters. The fourth-order valence-corrected chi connectivity index (χ4v) is 2.89. The van der Waals surface area contributed by atoms with E-state index >= 15 is 0 Å². The topological polar surface area (TPSA) is 52.7 Å². The molecule has 1 aromatic rings. The first-order valence-corrected chi connectivity index (χ1v) is 7.93. The van der Waals surface area contributed by atoms with Crippen molar-refractivity contribution in [3.05, 3.63) is 35.6 Å². The Morgan fingerprint density at radius 2 is 2.13 bits per heavy atom. The van der Waals surface area contributed by atoms with Crippen molar-refractivity contribution in [3.63, 3.8) is 0 Å². The molecule has 23 heavy (non-hydrogen) atoms. The highest BCUT2D eigenvalue weighted by Crippen LogP contribution is 2.18. The summed E-state index contributed by atoms with van der Waals surface area (Å²) in [5.41, 5.74) is 0.681. The largest absolute Gasteiger partial charge is 0.347 e. The zero-order valence-corrected chi connectivity index (χ0v) is 13.7. The number of carbonyl (C=O) groups is 2. The van der Waals surface area contributed by atoms with Crippen molar-refractivity contribution in [1.82, 2.24) is 15.1 Å². The highest BCUT2D eigenvalue weighted by molar-refractivity contribution is 5.83. The van der Waals surface area contributed by atoms with Crippen molar-refractivity contribution in [1.29, 1.82) is 0 Å². The van der Waals surface area contributed by atoms with Crippen molar-refractivity contribution >= 4 is 11.8 Å². The number of carbonyl (C=O) groups excluding carboxylic acids is 2. The van der Waals surface area contributed by atoms with Gasteiger partial charge in [0, 0.05) is 38.7 Å². The van der Waals surface area contributed by atoms with Gasteiger partial charge < -0.3 is 10.2 Å². The summed E-state index contributed by atoms with van der Waals surface area (Å²) >= 11 is 0. The number of amides is 2. The number of nitrogens with one attached hydrogen (secondary N) is 1. The molecule has 2 rings (SSSR count). The summed E-state index contributed by atoms with van der Waals surface area (Å²) < 4.78 is 13.8. The van der Waals surface area contributed by atoms with E-state index in [1.165, 1.54) is 13.0 Å². The van der Waals surface area contributed by atoms with Crippen molar-refractivity contribution in [2.45, 2.75) is 32.4 Å². The van der Waals surface area contributed by atoms with Crippen LogP contribution in [0.1, 0.15) is 25.3 Å². The number of likely N-dealkylation sites (tertiary alicyclic amines) is 1. The molecule has 0 spiro atoms. The second-order valence-electron chi connectivity index (χ2n) is 6.04. The molecule has 1 N–H and O–H groups in total. The lowest BCUT2D eigenvalue weighted by molar-refractivity contribution is -0.134. The number of rotatable bonds is 5. The zero-order chi connectivity index (χ0) is 16.8. The van der Waals surface area contributed by atoms with Crippen molar-refractivity contribution < 1.29 is 14.0 Å². The molecule has 0 radical (unpaired) electrons. The molecule has 1 aliphatic heterocycles. The lowest BCUT2D eigenvalue weighted by Crippen LogP contribution is -2.50. The predicted molar refractivity (Wildman–Crippen MR) is 86.2 cm³/mol. The number of halogens is 1. The molecule has 1 aromatic carbocycles. The smallest absolute Gasteiger partial charge is 0.242 e. The Morgan fingerprint density at radius 3 is 2.83 bits per heavy atom. The first-order chi connectivity index (χ1) is 11.0. The van der Waals surface area contributed by atoms with E-state index in [1.807, 2.05) is 6.07 Å². The molecule has 0 aliphatic carbocycles. The van der Waals surface area contributed by atoms with Gasteiger partial charge in [0.2, 0.25) is 11.8 Å². The van der Waals surface area contributed by atoms with Gasteiger partial charge in [0.15, 0.2) is 0 Å². The molecule has 126 valence electrons. The van der Waals surface area contributed by atoms with Gasteiger partial charge in [-0.3, -0.25) is 14.5 Å². The summed E-state index contributed by atoms with van der Waals surface area (Å²) in [6.07, 6.45) is 1.90. The number of hydrogen-bond donors (Lipinski definition) is 1. The van der Waals surface area contributed by atoms with E-state index in [0.29, 0.717) is 12.1 Å². The summed E-state index contributed by atoms with van der Waals surface area (Å²) in [6.45, 7) is 3.59. The summed E-state index contributed by atoms with van der Waals surface area (Å²) in [5.74, 6) is -0.501. The Labute approximate surface area is 136 Å². The Kier molecular flexibility index (Phi) is 6.10. The molecule has 0 aromatic heterocycles. The van der Waals surface area contributed by atoms with Gasteiger partial charge in [0.05, 0.1) is 6.54 Å². The molecule has 0 saturated carbocycles. The monoisotopic (exact) mass is 321 g/mol. The quantitative estimate of drug-likeness (QED) is 0.891. The minimum atomic E-state index is -0.212. The third kappa shape index (κ3) is 5.03. The summed E-state index contributed by atoms with van der Waals surface area (Å²) in [5, 5.41) is 2.53. The van der Waals surface area contributed by atoms with Crippen LogP contribution >= 0.6 is 0 Å². The van der Waals surface area contributed by atoms with E-state index in [1.54, 1.807) is 24.1 Å². The maximum atomic E-state index is 13.8. The van der Waals surface area contributed by atoms with E-state index in [0.717, 1.165) is 25.9 Å². The normalized spacial score (nSPS) is 18.5. The Morgan fingerprint density at radius 1 is 1.39 bits per heavy atom. The first kappa shape index (κ1) is 17.4. The number of piperidine rings is 1. The molecule has 6 heteroatoms. The first-order valence-electron chi connectivity index (χ1n) is 7.93. The molecule has 2 amide bonds. The van der Waals surface area contributed by atoms with Crippen LogP contribution in [0.25, 0.3) is 0 Å². The molecule has 5 nitrogen and oxygen atoms in total. The van der Waals surface area contributed by atoms with Gasteiger partial charge in [-0.25, -0.2) is 4.39 Å². The average Bonchev–Trinajstić information content (AvgIpc) is 2.54. The molecule has 1 heterocycles. The van der Waals surface area contributed by atoms with Crippen LogP contribution in [-0.2, 0) is 16.1 Å². The minimum absolute atomic E-state index is 0.0235. The number of nitrogens with zero attached hydrogens (tertiary/aromatic N) is 2. The van der Waals surface area contributed by atoms with Crippen LogP contribution in [0, 0.1) is 5.82 Å². The van der Waals surface area contributed by atoms with Gasteiger partial charge >= 0.3 is 0 Å². The molecular weight excluding hydrogens is 297 g/mol. The molecule has 1 aliphatic rings. The van der Waals surface area contributed by atoms with Crippen LogP contribution < -0.4 is 5.32 Å². The maximum absolute atomic E-state index is 13.8. The van der Waals surface area contributed by atoms with Crippen LogP contribution in [0.5, 0.6) is 0 Å². The minimum Gasteiger partial charge on any atom is -0.347 e. The molecule has 0 unspecified atom stereocenters. The van der Waals surface area contributed by atoms with Crippen LogP contribution in [0.2, 0.25) is 0 Å². The van der Waals surface area contributed by atoms with Crippen LogP contribution in [0.15, 0.2) is 24.3 Å². The predicted octanol–water partition coefficient (Wildman–Crippen LogP) is 1.38. The molecule has 0 bridgehead atoms. The van der Waals surface area contributed by atoms with Gasteiger partial charge in [0.1, 0.15) is 5.82 Å². The van der Waals surface area contributed by atoms with E-state index in [4.69, 9.17) is 0 Å².